The molecular weight excluding hydrogens is 308 g/mol. The Balaban J connectivity index is 1.77. The van der Waals surface area contributed by atoms with Crippen LogP contribution < -0.4 is 15.4 Å². The first-order valence-electron chi connectivity index (χ1n) is 8.06. The molecule has 0 bridgehead atoms. The summed E-state index contributed by atoms with van der Waals surface area (Å²) in [6.45, 7) is 3.14. The molecule has 0 aliphatic carbocycles. The first-order chi connectivity index (χ1) is 11.7. The van der Waals surface area contributed by atoms with Crippen LogP contribution in [-0.4, -0.2) is 26.3 Å². The molecule has 0 aliphatic rings. The van der Waals surface area contributed by atoms with E-state index >= 15 is 0 Å². The maximum Gasteiger partial charge on any atom is 0.319 e. The van der Waals surface area contributed by atoms with E-state index in [1.807, 2.05) is 18.2 Å². The largest absolute Gasteiger partial charge is 0.494 e. The lowest BCUT2D eigenvalue weighted by Crippen LogP contribution is -2.32. The van der Waals surface area contributed by atoms with E-state index in [0.29, 0.717) is 24.6 Å². The Morgan fingerprint density at radius 1 is 1.25 bits per heavy atom. The van der Waals surface area contributed by atoms with Crippen LogP contribution in [0.3, 0.4) is 0 Å². The van der Waals surface area contributed by atoms with Crippen molar-refractivity contribution in [3.05, 3.63) is 48.4 Å². The molecule has 24 heavy (non-hydrogen) atoms. The summed E-state index contributed by atoms with van der Waals surface area (Å²) in [5, 5.41) is 5.53. The molecule has 2 aromatic rings. The Morgan fingerprint density at radius 3 is 2.67 bits per heavy atom. The van der Waals surface area contributed by atoms with Gasteiger partial charge in [0.1, 0.15) is 17.6 Å². The molecule has 0 radical (unpaired) electrons. The normalized spacial score (nSPS) is 11.8. The Kier molecular flexibility index (Phi) is 7.17. The molecule has 2 rings (SSSR count). The van der Waals surface area contributed by atoms with Crippen molar-refractivity contribution in [2.75, 3.05) is 25.6 Å². The highest BCUT2D eigenvalue weighted by Gasteiger charge is 2.14. The SMILES string of the molecule is CCCCOc1ccc(NC(=O)NCC(OC)c2ccco2)cc1. The monoisotopic (exact) mass is 332 g/mol. The summed E-state index contributed by atoms with van der Waals surface area (Å²) in [5.41, 5.74) is 0.697. The van der Waals surface area contributed by atoms with Crippen molar-refractivity contribution in [2.24, 2.45) is 0 Å². The molecule has 1 unspecified atom stereocenters. The van der Waals surface area contributed by atoms with Gasteiger partial charge in [-0.2, -0.15) is 0 Å². The van der Waals surface area contributed by atoms with E-state index in [9.17, 15) is 4.79 Å². The number of rotatable bonds is 9. The van der Waals surface area contributed by atoms with Gasteiger partial charge in [-0.1, -0.05) is 13.3 Å². The zero-order valence-corrected chi connectivity index (χ0v) is 14.1. The number of benzene rings is 1. The second-order valence-corrected chi connectivity index (χ2v) is 5.30. The minimum absolute atomic E-state index is 0.303. The second kappa shape index (κ2) is 9.62. The van der Waals surface area contributed by atoms with Crippen LogP contribution in [0.2, 0.25) is 0 Å². The lowest BCUT2D eigenvalue weighted by Gasteiger charge is -2.14. The number of methoxy groups -OCH3 is 1. The molecule has 1 aromatic carbocycles. The molecule has 0 spiro atoms. The predicted octanol–water partition coefficient (Wildman–Crippen LogP) is 3.97. The Labute approximate surface area is 142 Å². The van der Waals surface area contributed by atoms with Gasteiger partial charge in [0.05, 0.1) is 19.4 Å². The number of carbonyl (C=O) groups excluding carboxylic acids is 1. The van der Waals surface area contributed by atoms with Crippen LogP contribution in [-0.2, 0) is 4.74 Å². The summed E-state index contributed by atoms with van der Waals surface area (Å²) in [6, 6.07) is 10.6. The van der Waals surface area contributed by atoms with E-state index in [4.69, 9.17) is 13.9 Å². The highest BCUT2D eigenvalue weighted by molar-refractivity contribution is 5.89. The van der Waals surface area contributed by atoms with E-state index in [-0.39, 0.29) is 12.1 Å². The summed E-state index contributed by atoms with van der Waals surface area (Å²) in [5.74, 6) is 1.47. The summed E-state index contributed by atoms with van der Waals surface area (Å²) >= 11 is 0. The number of urea groups is 1. The third-order valence-corrected chi connectivity index (χ3v) is 3.47. The number of unbranched alkanes of at least 4 members (excludes halogenated alkanes) is 1. The van der Waals surface area contributed by atoms with Crippen LogP contribution in [0.25, 0.3) is 0 Å². The molecule has 0 saturated heterocycles. The zero-order chi connectivity index (χ0) is 17.2. The molecule has 1 atom stereocenters. The molecule has 2 N–H and O–H groups in total. The van der Waals surface area contributed by atoms with Gasteiger partial charge in [-0.25, -0.2) is 4.79 Å². The van der Waals surface area contributed by atoms with E-state index in [1.54, 1.807) is 31.6 Å². The van der Waals surface area contributed by atoms with Crippen molar-refractivity contribution >= 4 is 11.7 Å². The fourth-order valence-corrected chi connectivity index (χ4v) is 2.10. The molecule has 1 heterocycles. The number of furan rings is 1. The number of anilines is 1. The lowest BCUT2D eigenvalue weighted by molar-refractivity contribution is 0.0855. The van der Waals surface area contributed by atoms with E-state index in [1.165, 1.54) is 0 Å². The van der Waals surface area contributed by atoms with Crippen molar-refractivity contribution in [2.45, 2.75) is 25.9 Å². The molecule has 130 valence electrons. The third-order valence-electron chi connectivity index (χ3n) is 3.47. The first-order valence-corrected chi connectivity index (χ1v) is 8.06. The topological polar surface area (TPSA) is 72.7 Å². The average molecular weight is 332 g/mol. The van der Waals surface area contributed by atoms with Gasteiger partial charge in [0.2, 0.25) is 0 Å². The molecule has 2 amide bonds. The number of hydrogen-bond acceptors (Lipinski definition) is 4. The summed E-state index contributed by atoms with van der Waals surface area (Å²) in [4.78, 5) is 12.0. The predicted molar refractivity (Wildman–Crippen MR) is 92.3 cm³/mol. The average Bonchev–Trinajstić information content (AvgIpc) is 3.12. The van der Waals surface area contributed by atoms with Crippen LogP contribution in [0, 0.1) is 0 Å². The molecular formula is C18H24N2O4. The minimum atomic E-state index is -0.319. The van der Waals surface area contributed by atoms with E-state index in [0.717, 1.165) is 18.6 Å². The molecule has 0 saturated carbocycles. The Morgan fingerprint density at radius 2 is 2.04 bits per heavy atom. The highest BCUT2D eigenvalue weighted by atomic mass is 16.5. The first kappa shape index (κ1) is 17.9. The summed E-state index contributed by atoms with van der Waals surface area (Å²) < 4.78 is 16.2. The van der Waals surface area contributed by atoms with E-state index in [2.05, 4.69) is 17.6 Å². The maximum atomic E-state index is 12.0. The van der Waals surface area contributed by atoms with Gasteiger partial charge in [0.15, 0.2) is 0 Å². The van der Waals surface area contributed by atoms with Crippen LogP contribution in [0.4, 0.5) is 10.5 Å². The van der Waals surface area contributed by atoms with Gasteiger partial charge in [-0.3, -0.25) is 0 Å². The van der Waals surface area contributed by atoms with Crippen LogP contribution in [0.15, 0.2) is 47.1 Å². The molecule has 1 aromatic heterocycles. The standard InChI is InChI=1S/C18H24N2O4/c1-3-4-11-23-15-9-7-14(8-10-15)20-18(21)19-13-17(22-2)16-6-5-12-24-16/h5-10,12,17H,3-4,11,13H2,1-2H3,(H2,19,20,21). The van der Waals surface area contributed by atoms with Crippen molar-refractivity contribution in [1.29, 1.82) is 0 Å². The van der Waals surface area contributed by atoms with Gasteiger partial charge in [0, 0.05) is 12.8 Å². The van der Waals surface area contributed by atoms with Gasteiger partial charge in [-0.05, 0) is 42.8 Å². The number of nitrogens with one attached hydrogen (secondary N) is 2. The lowest BCUT2D eigenvalue weighted by atomic mass is 10.2. The zero-order valence-electron chi connectivity index (χ0n) is 14.1. The van der Waals surface area contributed by atoms with Crippen molar-refractivity contribution in [3.8, 4) is 5.75 Å². The summed E-state index contributed by atoms with van der Waals surface area (Å²) in [6.07, 6.45) is 3.38. The Hall–Kier alpha value is -2.47. The van der Waals surface area contributed by atoms with Crippen LogP contribution in [0.5, 0.6) is 5.75 Å². The van der Waals surface area contributed by atoms with Gasteiger partial charge in [0.25, 0.3) is 0 Å². The number of hydrogen-bond donors (Lipinski definition) is 2. The van der Waals surface area contributed by atoms with Gasteiger partial charge >= 0.3 is 6.03 Å². The second-order valence-electron chi connectivity index (χ2n) is 5.30. The fraction of sp³-hybridized carbons (Fsp3) is 0.389. The Bertz CT molecular complexity index is 596. The minimum Gasteiger partial charge on any atom is -0.494 e. The number of carbonyl (C=O) groups is 1. The van der Waals surface area contributed by atoms with Crippen molar-refractivity contribution in [1.82, 2.24) is 5.32 Å². The smallest absolute Gasteiger partial charge is 0.319 e. The van der Waals surface area contributed by atoms with Crippen molar-refractivity contribution in [3.63, 3.8) is 0 Å². The van der Waals surface area contributed by atoms with E-state index < -0.39 is 0 Å². The molecule has 6 nitrogen and oxygen atoms in total. The van der Waals surface area contributed by atoms with Crippen molar-refractivity contribution < 1.29 is 18.7 Å². The molecule has 0 fully saturated rings. The quantitative estimate of drug-likeness (QED) is 0.682. The van der Waals surface area contributed by atoms with Gasteiger partial charge in [-0.15, -0.1) is 0 Å². The molecule has 0 aliphatic heterocycles. The fourth-order valence-electron chi connectivity index (χ4n) is 2.10. The maximum absolute atomic E-state index is 12.0. The number of ether oxygens (including phenoxy) is 2. The number of amides is 2. The summed E-state index contributed by atoms with van der Waals surface area (Å²) in [7, 11) is 1.57. The van der Waals surface area contributed by atoms with Gasteiger partial charge < -0.3 is 24.5 Å². The third kappa shape index (κ3) is 5.62. The molecule has 6 heteroatoms. The van der Waals surface area contributed by atoms with Crippen LogP contribution in [0.1, 0.15) is 31.6 Å². The van der Waals surface area contributed by atoms with Crippen LogP contribution >= 0.6 is 0 Å². The highest BCUT2D eigenvalue weighted by Crippen LogP contribution is 2.17.